The maximum atomic E-state index is 13.8. The Bertz CT molecular complexity index is 587. The molecule has 1 aromatic rings. The van der Waals surface area contributed by atoms with Gasteiger partial charge in [-0.1, -0.05) is 6.92 Å². The summed E-state index contributed by atoms with van der Waals surface area (Å²) in [5.74, 6) is -0.780. The summed E-state index contributed by atoms with van der Waals surface area (Å²) in [6.07, 6.45) is 1.46. The topological polar surface area (TPSA) is 88.2 Å². The number of nitro groups is 1. The maximum Gasteiger partial charge on any atom is 0.272 e. The Hall–Kier alpha value is -2.20. The second-order valence-electron chi connectivity index (χ2n) is 5.08. The lowest BCUT2D eigenvalue weighted by Gasteiger charge is -2.22. The van der Waals surface area contributed by atoms with Gasteiger partial charge in [0.05, 0.1) is 17.1 Å². The number of rotatable bonds is 5. The van der Waals surface area contributed by atoms with Crippen molar-refractivity contribution in [1.82, 2.24) is 5.32 Å². The molecule has 0 heterocycles. The third-order valence-corrected chi connectivity index (χ3v) is 3.62. The molecule has 6 nitrogen and oxygen atoms in total. The zero-order chi connectivity index (χ0) is 15.5. The molecular weight excluding hydrogens is 277 g/mol. The van der Waals surface area contributed by atoms with E-state index >= 15 is 0 Å². The first-order chi connectivity index (χ1) is 9.99. The molecule has 2 rings (SSSR count). The van der Waals surface area contributed by atoms with E-state index in [0.29, 0.717) is 25.8 Å². The Labute approximate surface area is 121 Å². The van der Waals surface area contributed by atoms with E-state index in [0.717, 1.165) is 6.07 Å². The molecule has 21 heavy (non-hydrogen) atoms. The number of hydrogen-bond donors (Lipinski definition) is 1. The van der Waals surface area contributed by atoms with Crippen LogP contribution in [0.4, 0.5) is 10.1 Å². The molecule has 1 saturated carbocycles. The summed E-state index contributed by atoms with van der Waals surface area (Å²) in [6, 6.07) is 5.56. The van der Waals surface area contributed by atoms with Crippen LogP contribution in [0.1, 0.15) is 26.2 Å². The molecule has 0 spiro atoms. The van der Waals surface area contributed by atoms with Crippen LogP contribution in [-0.4, -0.2) is 23.1 Å². The van der Waals surface area contributed by atoms with Crippen LogP contribution in [0.2, 0.25) is 0 Å². The van der Waals surface area contributed by atoms with Crippen molar-refractivity contribution >= 4 is 5.69 Å². The number of hydrogen-bond acceptors (Lipinski definition) is 5. The SMILES string of the molecule is CCNC1(C#N)CCC(Oc2ccc([N+](=O)[O-])cc2F)C1. The quantitative estimate of drug-likeness (QED) is 0.665. The molecule has 1 N–H and O–H groups in total. The number of nitriles is 1. The highest BCUT2D eigenvalue weighted by Crippen LogP contribution is 2.33. The third kappa shape index (κ3) is 3.28. The van der Waals surface area contributed by atoms with Gasteiger partial charge in [0, 0.05) is 12.5 Å². The lowest BCUT2D eigenvalue weighted by Crippen LogP contribution is -2.42. The lowest BCUT2D eigenvalue weighted by molar-refractivity contribution is -0.385. The highest BCUT2D eigenvalue weighted by molar-refractivity contribution is 5.37. The summed E-state index contributed by atoms with van der Waals surface area (Å²) >= 11 is 0. The number of nitrogens with one attached hydrogen (secondary N) is 1. The Kier molecular flexibility index (Phi) is 4.38. The Morgan fingerprint density at radius 3 is 3.00 bits per heavy atom. The van der Waals surface area contributed by atoms with Gasteiger partial charge in [-0.3, -0.25) is 15.4 Å². The summed E-state index contributed by atoms with van der Waals surface area (Å²) in [7, 11) is 0. The normalized spacial score (nSPS) is 24.5. The number of halogens is 1. The summed E-state index contributed by atoms with van der Waals surface area (Å²) in [4.78, 5) is 9.90. The van der Waals surface area contributed by atoms with Gasteiger partial charge < -0.3 is 4.74 Å². The fraction of sp³-hybridized carbons (Fsp3) is 0.500. The van der Waals surface area contributed by atoms with Gasteiger partial charge >= 0.3 is 0 Å². The van der Waals surface area contributed by atoms with Gasteiger partial charge in [-0.15, -0.1) is 0 Å². The van der Waals surface area contributed by atoms with Crippen LogP contribution in [0.3, 0.4) is 0 Å². The largest absolute Gasteiger partial charge is 0.487 e. The first-order valence-corrected chi connectivity index (χ1v) is 6.76. The van der Waals surface area contributed by atoms with Gasteiger partial charge in [-0.2, -0.15) is 5.26 Å². The lowest BCUT2D eigenvalue weighted by atomic mass is 10.00. The molecule has 0 aromatic heterocycles. The van der Waals surface area contributed by atoms with Gasteiger partial charge in [0.1, 0.15) is 11.6 Å². The van der Waals surface area contributed by atoms with Gasteiger partial charge in [0.15, 0.2) is 11.6 Å². The van der Waals surface area contributed by atoms with E-state index in [-0.39, 0.29) is 17.5 Å². The molecule has 0 radical (unpaired) electrons. The smallest absolute Gasteiger partial charge is 0.272 e. The van der Waals surface area contributed by atoms with Crippen molar-refractivity contribution < 1.29 is 14.1 Å². The minimum atomic E-state index is -0.762. The molecule has 112 valence electrons. The molecule has 0 aliphatic heterocycles. The third-order valence-electron chi connectivity index (χ3n) is 3.62. The second kappa shape index (κ2) is 6.06. The van der Waals surface area contributed by atoms with E-state index in [1.165, 1.54) is 12.1 Å². The van der Waals surface area contributed by atoms with Crippen LogP contribution in [0, 0.1) is 27.3 Å². The highest BCUT2D eigenvalue weighted by atomic mass is 19.1. The average Bonchev–Trinajstić information content (AvgIpc) is 2.85. The van der Waals surface area contributed by atoms with E-state index in [1.54, 1.807) is 0 Å². The average molecular weight is 293 g/mol. The van der Waals surface area contributed by atoms with Gasteiger partial charge in [-0.05, 0) is 25.5 Å². The molecule has 7 heteroatoms. The van der Waals surface area contributed by atoms with E-state index in [4.69, 9.17) is 4.74 Å². The van der Waals surface area contributed by atoms with Crippen molar-refractivity contribution in [3.63, 3.8) is 0 Å². The van der Waals surface area contributed by atoms with E-state index in [2.05, 4.69) is 11.4 Å². The molecule has 0 saturated heterocycles. The number of nitrogens with zero attached hydrogens (tertiary/aromatic N) is 2. The number of ether oxygens (including phenoxy) is 1. The summed E-state index contributed by atoms with van der Waals surface area (Å²) in [5, 5.41) is 23.0. The zero-order valence-electron chi connectivity index (χ0n) is 11.6. The summed E-state index contributed by atoms with van der Waals surface area (Å²) in [5.41, 5.74) is -0.943. The minimum Gasteiger partial charge on any atom is -0.487 e. The summed E-state index contributed by atoms with van der Waals surface area (Å²) in [6.45, 7) is 2.59. The van der Waals surface area contributed by atoms with Gasteiger partial charge in [-0.25, -0.2) is 4.39 Å². The van der Waals surface area contributed by atoms with Crippen LogP contribution in [0.25, 0.3) is 0 Å². The molecule has 0 bridgehead atoms. The van der Waals surface area contributed by atoms with Crippen LogP contribution in [0.5, 0.6) is 5.75 Å². The van der Waals surface area contributed by atoms with Gasteiger partial charge in [0.25, 0.3) is 5.69 Å². The highest BCUT2D eigenvalue weighted by Gasteiger charge is 2.40. The molecular formula is C14H16FN3O3. The van der Waals surface area contributed by atoms with Crippen molar-refractivity contribution in [2.24, 2.45) is 0 Å². The van der Waals surface area contributed by atoms with E-state index in [1.807, 2.05) is 6.92 Å². The predicted molar refractivity (Wildman–Crippen MR) is 73.3 cm³/mol. The number of nitro benzene ring substituents is 1. The Morgan fingerprint density at radius 2 is 2.43 bits per heavy atom. The zero-order valence-corrected chi connectivity index (χ0v) is 11.6. The van der Waals surface area contributed by atoms with Crippen molar-refractivity contribution in [2.45, 2.75) is 37.8 Å². The molecule has 1 aromatic carbocycles. The first kappa shape index (κ1) is 15.2. The molecule has 1 aliphatic carbocycles. The fourth-order valence-corrected chi connectivity index (χ4v) is 2.62. The first-order valence-electron chi connectivity index (χ1n) is 6.76. The molecule has 1 fully saturated rings. The second-order valence-corrected chi connectivity index (χ2v) is 5.08. The van der Waals surface area contributed by atoms with Crippen LogP contribution in [-0.2, 0) is 0 Å². The van der Waals surface area contributed by atoms with Crippen LogP contribution in [0.15, 0.2) is 18.2 Å². The standard InChI is InChI=1S/C14H16FN3O3/c1-2-17-14(9-16)6-5-11(8-14)21-13-4-3-10(18(19)20)7-12(13)15/h3-4,7,11,17H,2,5-6,8H2,1H3. The fourth-order valence-electron chi connectivity index (χ4n) is 2.62. The monoisotopic (exact) mass is 293 g/mol. The number of benzene rings is 1. The maximum absolute atomic E-state index is 13.8. The van der Waals surface area contributed by atoms with Crippen molar-refractivity contribution in [3.05, 3.63) is 34.1 Å². The van der Waals surface area contributed by atoms with Crippen molar-refractivity contribution in [3.8, 4) is 11.8 Å². The van der Waals surface area contributed by atoms with Gasteiger partial charge in [0.2, 0.25) is 0 Å². The predicted octanol–water partition coefficient (Wildman–Crippen LogP) is 2.54. The van der Waals surface area contributed by atoms with Crippen LogP contribution < -0.4 is 10.1 Å². The van der Waals surface area contributed by atoms with Crippen molar-refractivity contribution in [1.29, 1.82) is 5.26 Å². The van der Waals surface area contributed by atoms with Crippen molar-refractivity contribution in [2.75, 3.05) is 6.54 Å². The summed E-state index contributed by atoms with van der Waals surface area (Å²) < 4.78 is 19.3. The Morgan fingerprint density at radius 1 is 1.67 bits per heavy atom. The Balaban J connectivity index is 2.07. The molecule has 1 aliphatic rings. The van der Waals surface area contributed by atoms with E-state index in [9.17, 15) is 19.8 Å². The van der Waals surface area contributed by atoms with Crippen LogP contribution >= 0.6 is 0 Å². The molecule has 2 atom stereocenters. The number of non-ortho nitro benzene ring substituents is 1. The minimum absolute atomic E-state index is 0.0177. The molecule has 2 unspecified atom stereocenters. The van der Waals surface area contributed by atoms with E-state index < -0.39 is 16.3 Å². The molecule has 0 amide bonds.